The Kier molecular flexibility index (Phi) is 5.53. The van der Waals surface area contributed by atoms with Crippen LogP contribution in [-0.4, -0.2) is 41.3 Å². The molecule has 0 atom stereocenters. The van der Waals surface area contributed by atoms with Gasteiger partial charge in [-0.1, -0.05) is 0 Å². The quantitative estimate of drug-likeness (QED) is 0.670. The van der Waals surface area contributed by atoms with Gasteiger partial charge in [0.15, 0.2) is 0 Å². The van der Waals surface area contributed by atoms with Gasteiger partial charge in [-0.05, 0) is 55.2 Å². The lowest BCUT2D eigenvalue weighted by molar-refractivity contribution is -0.127. The van der Waals surface area contributed by atoms with Gasteiger partial charge in [0.1, 0.15) is 5.76 Å². The van der Waals surface area contributed by atoms with Gasteiger partial charge in [-0.2, -0.15) is 0 Å². The molecular weight excluding hydrogens is 374 g/mol. The third kappa shape index (κ3) is 4.31. The molecule has 2 aromatic heterocycles. The zero-order valence-electron chi connectivity index (χ0n) is 15.3. The van der Waals surface area contributed by atoms with Gasteiger partial charge in [0.2, 0.25) is 5.91 Å². The molecule has 0 unspecified atom stereocenters. The highest BCUT2D eigenvalue weighted by Gasteiger charge is 2.22. The molecule has 7 heteroatoms. The van der Waals surface area contributed by atoms with Crippen LogP contribution >= 0.6 is 11.3 Å². The molecule has 28 heavy (non-hydrogen) atoms. The van der Waals surface area contributed by atoms with Crippen molar-refractivity contribution in [2.24, 2.45) is 5.92 Å². The molecule has 0 radical (unpaired) electrons. The highest BCUT2D eigenvalue weighted by atomic mass is 32.1. The monoisotopic (exact) mass is 395 g/mol. The third-order valence-corrected chi connectivity index (χ3v) is 5.80. The molecule has 2 amide bonds. The number of rotatable bonds is 5. The number of furan rings is 1. The highest BCUT2D eigenvalue weighted by Crippen LogP contribution is 2.20. The molecule has 0 saturated carbocycles. The second kappa shape index (κ2) is 8.39. The molecule has 0 spiro atoms. The van der Waals surface area contributed by atoms with Crippen LogP contribution in [0.3, 0.4) is 0 Å². The minimum absolute atomic E-state index is 0.00301. The smallest absolute Gasteiger partial charge is 0.251 e. The molecule has 4 rings (SSSR count). The number of hydrogen-bond donors (Lipinski definition) is 1. The lowest BCUT2D eigenvalue weighted by atomic mass is 9.96. The second-order valence-corrected chi connectivity index (χ2v) is 7.75. The van der Waals surface area contributed by atoms with Gasteiger partial charge >= 0.3 is 0 Å². The number of benzene rings is 1. The Hall–Kier alpha value is -2.93. The maximum atomic E-state index is 12.4. The number of aromatic nitrogens is 1. The van der Waals surface area contributed by atoms with Crippen molar-refractivity contribution in [2.45, 2.75) is 12.8 Å². The zero-order chi connectivity index (χ0) is 19.3. The predicted molar refractivity (Wildman–Crippen MR) is 109 cm³/mol. The summed E-state index contributed by atoms with van der Waals surface area (Å²) >= 11 is 1.53. The van der Waals surface area contributed by atoms with Gasteiger partial charge in [0.05, 0.1) is 22.0 Å². The van der Waals surface area contributed by atoms with Crippen molar-refractivity contribution < 1.29 is 14.0 Å². The van der Waals surface area contributed by atoms with Crippen LogP contribution in [-0.2, 0) is 4.79 Å². The van der Waals surface area contributed by atoms with E-state index in [9.17, 15) is 9.59 Å². The first-order valence-electron chi connectivity index (χ1n) is 9.31. The van der Waals surface area contributed by atoms with Gasteiger partial charge in [-0.15, -0.1) is 11.3 Å². The van der Waals surface area contributed by atoms with Crippen LogP contribution in [0.4, 0.5) is 0 Å². The van der Waals surface area contributed by atoms with Crippen LogP contribution in [0.2, 0.25) is 0 Å². The van der Waals surface area contributed by atoms with E-state index in [1.807, 2.05) is 29.2 Å². The molecule has 3 heterocycles. The van der Waals surface area contributed by atoms with E-state index in [4.69, 9.17) is 4.42 Å². The van der Waals surface area contributed by atoms with Crippen LogP contribution in [0.1, 0.15) is 29.0 Å². The molecule has 1 aliphatic heterocycles. The van der Waals surface area contributed by atoms with E-state index < -0.39 is 0 Å². The Morgan fingerprint density at radius 3 is 2.93 bits per heavy atom. The molecular formula is C21H21N3O3S. The van der Waals surface area contributed by atoms with Crippen LogP contribution in [0.25, 0.3) is 16.3 Å². The third-order valence-electron chi connectivity index (χ3n) is 5.00. The predicted octanol–water partition coefficient (Wildman–Crippen LogP) is 3.57. The number of nitrogens with one attached hydrogen (secondary N) is 1. The first-order chi connectivity index (χ1) is 13.7. The van der Waals surface area contributed by atoms with Crippen LogP contribution < -0.4 is 5.32 Å². The average Bonchev–Trinajstić information content (AvgIpc) is 3.41. The Labute approximate surface area is 166 Å². The van der Waals surface area contributed by atoms with E-state index in [2.05, 4.69) is 10.3 Å². The number of likely N-dealkylation sites (tertiary alicyclic amines) is 1. The number of nitrogens with zero attached hydrogens (tertiary/aromatic N) is 2. The minimum atomic E-state index is -0.0600. The molecule has 0 aliphatic carbocycles. The molecule has 0 bridgehead atoms. The SMILES string of the molecule is O=C(NCC1CCN(C(=O)C=Cc2ccco2)CC1)c1ccc2ncsc2c1. The first-order valence-corrected chi connectivity index (χ1v) is 10.2. The molecule has 6 nitrogen and oxygen atoms in total. The maximum absolute atomic E-state index is 12.4. The van der Waals surface area contributed by atoms with Gasteiger partial charge in [0, 0.05) is 31.3 Å². The Morgan fingerprint density at radius 1 is 1.29 bits per heavy atom. The number of carbonyl (C=O) groups is 2. The van der Waals surface area contributed by atoms with E-state index in [1.54, 1.807) is 30.0 Å². The van der Waals surface area contributed by atoms with E-state index in [0.29, 0.717) is 36.9 Å². The summed E-state index contributed by atoms with van der Waals surface area (Å²) in [6, 6.07) is 9.17. The fourth-order valence-electron chi connectivity index (χ4n) is 3.34. The van der Waals surface area contributed by atoms with E-state index in [-0.39, 0.29) is 11.8 Å². The van der Waals surface area contributed by atoms with Crippen molar-refractivity contribution in [1.29, 1.82) is 0 Å². The van der Waals surface area contributed by atoms with Gasteiger partial charge in [-0.3, -0.25) is 9.59 Å². The number of fused-ring (bicyclic) bond motifs is 1. The summed E-state index contributed by atoms with van der Waals surface area (Å²) in [7, 11) is 0. The summed E-state index contributed by atoms with van der Waals surface area (Å²) < 4.78 is 6.21. The minimum Gasteiger partial charge on any atom is -0.465 e. The standard InChI is InChI=1S/C21H21N3O3S/c25-20(6-4-17-2-1-11-27-17)24-9-7-15(8-10-24)13-22-21(26)16-3-5-18-19(12-16)28-14-23-18/h1-6,11-12,14-15H,7-10,13H2,(H,22,26). The fraction of sp³-hybridized carbons (Fsp3) is 0.286. The molecule has 1 saturated heterocycles. The lowest BCUT2D eigenvalue weighted by Crippen LogP contribution is -2.40. The number of piperidine rings is 1. The number of amides is 2. The topological polar surface area (TPSA) is 75.4 Å². The Balaban J connectivity index is 1.24. The number of thiazole rings is 1. The van der Waals surface area contributed by atoms with Crippen molar-refractivity contribution in [3.63, 3.8) is 0 Å². The zero-order valence-corrected chi connectivity index (χ0v) is 16.2. The summed E-state index contributed by atoms with van der Waals surface area (Å²) in [6.07, 6.45) is 6.59. The van der Waals surface area contributed by atoms with Crippen LogP contribution in [0.5, 0.6) is 0 Å². The van der Waals surface area contributed by atoms with Gasteiger partial charge in [0.25, 0.3) is 5.91 Å². The molecule has 1 N–H and O–H groups in total. The Bertz CT molecular complexity index is 985. The van der Waals surface area contributed by atoms with E-state index >= 15 is 0 Å². The summed E-state index contributed by atoms with van der Waals surface area (Å²) in [6.45, 7) is 2.03. The van der Waals surface area contributed by atoms with Gasteiger partial charge < -0.3 is 14.6 Å². The summed E-state index contributed by atoms with van der Waals surface area (Å²) in [4.78, 5) is 30.7. The first kappa shape index (κ1) is 18.4. The van der Waals surface area contributed by atoms with E-state index in [1.165, 1.54) is 11.3 Å². The van der Waals surface area contributed by atoms with Crippen LogP contribution in [0.15, 0.2) is 52.6 Å². The second-order valence-electron chi connectivity index (χ2n) is 6.86. The molecule has 144 valence electrons. The fourth-order valence-corrected chi connectivity index (χ4v) is 4.05. The van der Waals surface area contributed by atoms with Crippen molar-refractivity contribution in [3.05, 3.63) is 59.5 Å². The van der Waals surface area contributed by atoms with Crippen molar-refractivity contribution in [1.82, 2.24) is 15.2 Å². The van der Waals surface area contributed by atoms with Gasteiger partial charge in [-0.25, -0.2) is 4.98 Å². The number of carbonyl (C=O) groups excluding carboxylic acids is 2. The molecule has 1 fully saturated rings. The van der Waals surface area contributed by atoms with Crippen molar-refractivity contribution in [2.75, 3.05) is 19.6 Å². The normalized spacial score (nSPS) is 15.4. The molecule has 1 aromatic carbocycles. The molecule has 3 aromatic rings. The Morgan fingerprint density at radius 2 is 2.14 bits per heavy atom. The summed E-state index contributed by atoms with van der Waals surface area (Å²) in [5.41, 5.74) is 3.36. The van der Waals surface area contributed by atoms with Crippen molar-refractivity contribution >= 4 is 39.4 Å². The maximum Gasteiger partial charge on any atom is 0.251 e. The number of hydrogen-bond acceptors (Lipinski definition) is 5. The highest BCUT2D eigenvalue weighted by molar-refractivity contribution is 7.16. The molecule has 1 aliphatic rings. The summed E-state index contributed by atoms with van der Waals surface area (Å²) in [5, 5.41) is 3.03. The van der Waals surface area contributed by atoms with Crippen molar-refractivity contribution in [3.8, 4) is 0 Å². The lowest BCUT2D eigenvalue weighted by Gasteiger charge is -2.31. The largest absolute Gasteiger partial charge is 0.465 e. The van der Waals surface area contributed by atoms with Crippen LogP contribution in [0, 0.1) is 5.92 Å². The summed E-state index contributed by atoms with van der Waals surface area (Å²) in [5.74, 6) is 0.989. The van der Waals surface area contributed by atoms with E-state index in [0.717, 1.165) is 23.1 Å². The average molecular weight is 395 g/mol.